The van der Waals surface area contributed by atoms with Gasteiger partial charge in [-0.05, 0) is 73.4 Å². The lowest BCUT2D eigenvalue weighted by Gasteiger charge is -2.24. The van der Waals surface area contributed by atoms with Crippen molar-refractivity contribution in [2.24, 2.45) is 10.7 Å². The summed E-state index contributed by atoms with van der Waals surface area (Å²) in [5, 5.41) is 5.49. The van der Waals surface area contributed by atoms with E-state index in [0.717, 1.165) is 17.2 Å². The summed E-state index contributed by atoms with van der Waals surface area (Å²) in [5.41, 5.74) is 14.2. The number of carbonyl (C=O) groups is 2. The second-order valence-electron chi connectivity index (χ2n) is 9.22. The average Bonchev–Trinajstić information content (AvgIpc) is 2.82. The first kappa shape index (κ1) is 27.1. The van der Waals surface area contributed by atoms with Crippen LogP contribution < -0.4 is 22.1 Å². The molecule has 0 saturated heterocycles. The fourth-order valence-electron chi connectivity index (χ4n) is 3.68. The molecule has 194 valence electrons. The fourth-order valence-corrected chi connectivity index (χ4v) is 3.68. The number of amides is 3. The highest BCUT2D eigenvalue weighted by molar-refractivity contribution is 5.89. The molecule has 0 bridgehead atoms. The zero-order chi connectivity index (χ0) is 27.0. The normalized spacial score (nSPS) is 11.6. The predicted octanol–water partition coefficient (Wildman–Crippen LogP) is 4.16. The molecule has 0 aliphatic carbocycles. The third-order valence-electron chi connectivity index (χ3n) is 5.40. The topological polar surface area (TPSA) is 126 Å². The Morgan fingerprint density at radius 3 is 2.16 bits per heavy atom. The minimum Gasteiger partial charge on any atom is -0.399 e. The molecule has 0 atom stereocenters. The number of nitrogen functional groups attached to an aromatic ring is 1. The number of carbonyl (C=O) groups excluding carboxylic acids is 2. The van der Waals surface area contributed by atoms with Gasteiger partial charge in [-0.3, -0.25) is 9.69 Å². The number of guanidine groups is 1. The number of halogens is 2. The van der Waals surface area contributed by atoms with Gasteiger partial charge in [-0.1, -0.05) is 24.3 Å². The smallest absolute Gasteiger partial charge is 0.319 e. The van der Waals surface area contributed by atoms with Gasteiger partial charge in [0.25, 0.3) is 0 Å². The Hall–Kier alpha value is -4.47. The lowest BCUT2D eigenvalue weighted by Crippen LogP contribution is -2.39. The molecule has 37 heavy (non-hydrogen) atoms. The van der Waals surface area contributed by atoms with Crippen molar-refractivity contribution in [2.75, 3.05) is 11.1 Å². The van der Waals surface area contributed by atoms with E-state index in [1.807, 2.05) is 24.3 Å². The lowest BCUT2D eigenvalue weighted by atomic mass is 9.95. The van der Waals surface area contributed by atoms with Crippen molar-refractivity contribution in [3.63, 3.8) is 0 Å². The zero-order valence-electron chi connectivity index (χ0n) is 20.7. The Morgan fingerprint density at radius 1 is 0.973 bits per heavy atom. The molecule has 0 aliphatic rings. The average molecular weight is 509 g/mol. The molecular weight excluding hydrogens is 478 g/mol. The van der Waals surface area contributed by atoms with Gasteiger partial charge in [0.2, 0.25) is 6.41 Å². The van der Waals surface area contributed by atoms with E-state index in [4.69, 9.17) is 11.5 Å². The largest absolute Gasteiger partial charge is 0.399 e. The summed E-state index contributed by atoms with van der Waals surface area (Å²) in [7, 11) is 0. The van der Waals surface area contributed by atoms with E-state index in [-0.39, 0.29) is 25.0 Å². The van der Waals surface area contributed by atoms with Crippen LogP contribution in [-0.2, 0) is 24.3 Å². The molecule has 3 aromatic carbocycles. The van der Waals surface area contributed by atoms with Crippen molar-refractivity contribution in [3.05, 3.63) is 95.1 Å². The number of nitrogens with two attached hydrogens (primary N) is 2. The minimum absolute atomic E-state index is 0.0121. The van der Waals surface area contributed by atoms with Gasteiger partial charge in [0.15, 0.2) is 5.96 Å². The first-order valence-corrected chi connectivity index (χ1v) is 11.5. The number of hydrogen-bond acceptors (Lipinski definition) is 4. The summed E-state index contributed by atoms with van der Waals surface area (Å²) in [6, 6.07) is 17.0. The molecule has 0 unspecified atom stereocenters. The molecule has 3 amide bonds. The van der Waals surface area contributed by atoms with Crippen LogP contribution in [0.5, 0.6) is 0 Å². The quantitative estimate of drug-likeness (QED) is 0.150. The van der Waals surface area contributed by atoms with Gasteiger partial charge in [-0.25, -0.2) is 18.6 Å². The maximum Gasteiger partial charge on any atom is 0.319 e. The van der Waals surface area contributed by atoms with Crippen LogP contribution in [0.25, 0.3) is 0 Å². The third-order valence-corrected chi connectivity index (χ3v) is 5.40. The number of urea groups is 1. The maximum atomic E-state index is 13.5. The molecule has 10 heteroatoms. The van der Waals surface area contributed by atoms with Gasteiger partial charge < -0.3 is 22.1 Å². The predicted molar refractivity (Wildman–Crippen MR) is 141 cm³/mol. The maximum absolute atomic E-state index is 13.5. The van der Waals surface area contributed by atoms with Crippen LogP contribution >= 0.6 is 0 Å². The van der Waals surface area contributed by atoms with Crippen LogP contribution in [0.1, 0.15) is 30.5 Å². The SMILES string of the molecule is CC(C)(Cc1cc(F)cc(F)c1)N=C(N)N(C=O)Cc1ccc(CNC(=O)Nc2ccc(N)cc2)cc1. The van der Waals surface area contributed by atoms with Crippen molar-refractivity contribution in [1.29, 1.82) is 0 Å². The Balaban J connectivity index is 1.56. The fraction of sp³-hybridized carbons (Fsp3) is 0.222. The summed E-state index contributed by atoms with van der Waals surface area (Å²) in [6.45, 7) is 4.00. The van der Waals surface area contributed by atoms with E-state index in [0.29, 0.717) is 29.9 Å². The van der Waals surface area contributed by atoms with Gasteiger partial charge in [-0.15, -0.1) is 0 Å². The van der Waals surface area contributed by atoms with Crippen LogP contribution in [0.2, 0.25) is 0 Å². The summed E-state index contributed by atoms with van der Waals surface area (Å²) >= 11 is 0. The van der Waals surface area contributed by atoms with Crippen molar-refractivity contribution in [1.82, 2.24) is 10.2 Å². The first-order chi connectivity index (χ1) is 17.5. The Bertz CT molecular complexity index is 1240. The number of nitrogens with zero attached hydrogens (tertiary/aromatic N) is 2. The highest BCUT2D eigenvalue weighted by atomic mass is 19.1. The molecule has 3 aromatic rings. The monoisotopic (exact) mass is 508 g/mol. The van der Waals surface area contributed by atoms with Gasteiger partial charge in [0.05, 0.1) is 12.1 Å². The highest BCUT2D eigenvalue weighted by Crippen LogP contribution is 2.20. The molecule has 0 fully saturated rings. The van der Waals surface area contributed by atoms with Crippen molar-refractivity contribution in [2.45, 2.75) is 38.9 Å². The zero-order valence-corrected chi connectivity index (χ0v) is 20.7. The number of nitrogens with one attached hydrogen (secondary N) is 2. The molecule has 3 rings (SSSR count). The van der Waals surface area contributed by atoms with E-state index in [9.17, 15) is 18.4 Å². The molecule has 0 aromatic heterocycles. The van der Waals surface area contributed by atoms with Gasteiger partial charge in [0.1, 0.15) is 11.6 Å². The summed E-state index contributed by atoms with van der Waals surface area (Å²) < 4.78 is 27.1. The standard InChI is InChI=1S/C27H30F2N6O2/c1-27(2,14-20-11-21(28)13-22(29)12-20)34-25(31)35(17-36)16-19-5-3-18(4-6-19)15-32-26(37)33-24-9-7-23(30)8-10-24/h3-13,17H,14-16,30H2,1-2H3,(H2,31,34)(H2,32,33,37). The Morgan fingerprint density at radius 2 is 1.57 bits per heavy atom. The molecule has 6 N–H and O–H groups in total. The number of aliphatic imine (C=N–C) groups is 1. The molecule has 0 spiro atoms. The minimum atomic E-state index is -0.811. The van der Waals surface area contributed by atoms with Crippen LogP contribution in [0.4, 0.5) is 25.0 Å². The summed E-state index contributed by atoms with van der Waals surface area (Å²) in [6.07, 6.45) is 0.802. The first-order valence-electron chi connectivity index (χ1n) is 11.5. The number of hydrogen-bond donors (Lipinski definition) is 4. The van der Waals surface area contributed by atoms with Crippen LogP contribution in [0, 0.1) is 11.6 Å². The number of benzene rings is 3. The van der Waals surface area contributed by atoms with E-state index in [1.165, 1.54) is 17.0 Å². The molecular formula is C27H30F2N6O2. The lowest BCUT2D eigenvalue weighted by molar-refractivity contribution is -0.115. The van der Waals surface area contributed by atoms with Crippen molar-refractivity contribution < 1.29 is 18.4 Å². The van der Waals surface area contributed by atoms with Crippen molar-refractivity contribution >= 4 is 29.8 Å². The Kier molecular flexibility index (Phi) is 8.78. The molecule has 0 aliphatic heterocycles. The third kappa shape index (κ3) is 8.60. The number of anilines is 2. The van der Waals surface area contributed by atoms with Crippen LogP contribution in [0.15, 0.2) is 71.7 Å². The van der Waals surface area contributed by atoms with Crippen LogP contribution in [-0.4, -0.2) is 28.8 Å². The summed E-state index contributed by atoms with van der Waals surface area (Å²) in [5.74, 6) is -1.35. The highest BCUT2D eigenvalue weighted by Gasteiger charge is 2.21. The van der Waals surface area contributed by atoms with Gasteiger partial charge in [-0.2, -0.15) is 0 Å². The van der Waals surface area contributed by atoms with E-state index < -0.39 is 17.2 Å². The van der Waals surface area contributed by atoms with E-state index in [2.05, 4.69) is 15.6 Å². The van der Waals surface area contributed by atoms with E-state index >= 15 is 0 Å². The molecule has 0 radical (unpaired) electrons. The second kappa shape index (κ2) is 12.0. The van der Waals surface area contributed by atoms with Gasteiger partial charge >= 0.3 is 6.03 Å². The molecule has 8 nitrogen and oxygen atoms in total. The number of rotatable bonds is 9. The van der Waals surface area contributed by atoms with E-state index in [1.54, 1.807) is 38.1 Å². The second-order valence-corrected chi connectivity index (χ2v) is 9.22. The molecule has 0 heterocycles. The molecule has 0 saturated carbocycles. The van der Waals surface area contributed by atoms with Crippen molar-refractivity contribution in [3.8, 4) is 0 Å². The Labute approximate surface area is 214 Å². The van der Waals surface area contributed by atoms with Crippen LogP contribution in [0.3, 0.4) is 0 Å². The van der Waals surface area contributed by atoms with Gasteiger partial charge in [0, 0.05) is 24.0 Å². The summed E-state index contributed by atoms with van der Waals surface area (Å²) in [4.78, 5) is 29.5.